The minimum atomic E-state index is -0.492. The second kappa shape index (κ2) is 12.2. The summed E-state index contributed by atoms with van der Waals surface area (Å²) in [6.45, 7) is 9.77. The standard InChI is InChI=1S/C61H55NO/c1-57(2)29-30-58(3,4)52-35-43(24-27-48(52)57)62(42-23-26-46-45-19-11-12-20-47(45)60(51(46)34-42,39-15-7-5-8-16-39)40-17-9-6-10-18-40)44-25-28-50-54(36-44)63-53-22-14-13-21-49(53)61(50)55-32-38-31-41-33-56(61)59(41,55)37-38/h5-28,34-36,38,41,55-56H,29-33,37H2,1-4H3. The van der Waals surface area contributed by atoms with Crippen LogP contribution in [0.1, 0.15) is 111 Å². The van der Waals surface area contributed by atoms with Crippen LogP contribution in [0.3, 0.4) is 0 Å². The summed E-state index contributed by atoms with van der Waals surface area (Å²) in [5, 5.41) is 0. The second-order valence-corrected chi connectivity index (χ2v) is 21.9. The Morgan fingerprint density at radius 1 is 0.460 bits per heavy atom. The van der Waals surface area contributed by atoms with E-state index in [-0.39, 0.29) is 16.2 Å². The molecular weight excluding hydrogens is 763 g/mol. The van der Waals surface area contributed by atoms with Crippen LogP contribution in [0.2, 0.25) is 0 Å². The predicted molar refractivity (Wildman–Crippen MR) is 256 cm³/mol. The number of anilines is 3. The van der Waals surface area contributed by atoms with Gasteiger partial charge in [-0.3, -0.25) is 0 Å². The van der Waals surface area contributed by atoms with Gasteiger partial charge in [-0.1, -0.05) is 149 Å². The van der Waals surface area contributed by atoms with Gasteiger partial charge in [0.25, 0.3) is 0 Å². The Morgan fingerprint density at radius 3 is 1.75 bits per heavy atom. The highest BCUT2D eigenvalue weighted by molar-refractivity contribution is 5.90. The monoisotopic (exact) mass is 817 g/mol. The first-order chi connectivity index (χ1) is 30.7. The molecule has 2 heteroatoms. The molecule has 0 aromatic heterocycles. The van der Waals surface area contributed by atoms with Crippen LogP contribution in [0.4, 0.5) is 17.1 Å². The summed E-state index contributed by atoms with van der Waals surface area (Å²) in [6.07, 6.45) is 8.04. The molecule has 0 amide bonds. The molecule has 14 rings (SSSR count). The van der Waals surface area contributed by atoms with Crippen molar-refractivity contribution >= 4 is 17.1 Å². The van der Waals surface area contributed by atoms with Crippen LogP contribution < -0.4 is 9.64 Å². The smallest absolute Gasteiger partial charge is 0.133 e. The fourth-order valence-electron chi connectivity index (χ4n) is 15.9. The summed E-state index contributed by atoms with van der Waals surface area (Å²) in [4.78, 5) is 2.55. The van der Waals surface area contributed by atoms with Crippen LogP contribution in [0.25, 0.3) is 11.1 Å². The van der Waals surface area contributed by atoms with Gasteiger partial charge in [-0.05, 0) is 159 Å². The number of rotatable bonds is 5. The first-order valence-electron chi connectivity index (χ1n) is 23.9. The van der Waals surface area contributed by atoms with Gasteiger partial charge < -0.3 is 9.64 Å². The second-order valence-electron chi connectivity index (χ2n) is 21.9. The predicted octanol–water partition coefficient (Wildman–Crippen LogP) is 15.3. The molecule has 1 aliphatic heterocycles. The van der Waals surface area contributed by atoms with Crippen LogP contribution in [0.15, 0.2) is 164 Å². The molecule has 0 N–H and O–H groups in total. The molecule has 6 atom stereocenters. The third-order valence-electron chi connectivity index (χ3n) is 18.5. The average molecular weight is 818 g/mol. The number of nitrogens with zero attached hydrogens (tertiary/aromatic N) is 1. The van der Waals surface area contributed by atoms with E-state index < -0.39 is 5.41 Å². The molecule has 2 nitrogen and oxygen atoms in total. The number of para-hydroxylation sites is 1. The number of ether oxygens (including phenoxy) is 1. The van der Waals surface area contributed by atoms with Gasteiger partial charge in [-0.25, -0.2) is 0 Å². The highest BCUT2D eigenvalue weighted by Crippen LogP contribution is 2.89. The van der Waals surface area contributed by atoms with Crippen molar-refractivity contribution in [1.29, 1.82) is 0 Å². The minimum Gasteiger partial charge on any atom is -0.457 e. The van der Waals surface area contributed by atoms with E-state index in [1.807, 2.05) is 0 Å². The number of hydrogen-bond donors (Lipinski definition) is 0. The fraction of sp³-hybridized carbons (Fsp3) is 0.311. The first-order valence-corrected chi connectivity index (χ1v) is 23.9. The van der Waals surface area contributed by atoms with Crippen LogP contribution in [-0.4, -0.2) is 0 Å². The Kier molecular flexibility index (Phi) is 7.11. The minimum absolute atomic E-state index is 0.0466. The van der Waals surface area contributed by atoms with Crippen molar-refractivity contribution in [3.63, 3.8) is 0 Å². The Bertz CT molecular complexity index is 3010. The quantitative estimate of drug-likeness (QED) is 0.172. The SMILES string of the molecule is CC1(C)CCC(C)(C)c2cc(N(c3ccc4c(c3)Oc3ccccc3C43C4CC5CC6CC3C64C5)c3ccc4c(c3)C(c3ccccc3)(c3ccccc3)c3ccccc3-4)ccc21. The highest BCUT2D eigenvalue weighted by Gasteiger charge is 2.84. The molecule has 0 radical (unpaired) electrons. The number of fused-ring (bicyclic) bond motifs is 11. The third kappa shape index (κ3) is 4.41. The van der Waals surface area contributed by atoms with Gasteiger partial charge in [0.15, 0.2) is 0 Å². The normalized spacial score (nSPS) is 28.3. The molecule has 7 aromatic rings. The van der Waals surface area contributed by atoms with Gasteiger partial charge in [-0.2, -0.15) is 0 Å². The van der Waals surface area contributed by atoms with Crippen LogP contribution in [0, 0.1) is 29.1 Å². The summed E-state index contributed by atoms with van der Waals surface area (Å²) < 4.78 is 7.15. The van der Waals surface area contributed by atoms with E-state index in [9.17, 15) is 0 Å². The highest BCUT2D eigenvalue weighted by atomic mass is 16.5. The van der Waals surface area contributed by atoms with Crippen molar-refractivity contribution in [2.24, 2.45) is 29.1 Å². The Balaban J connectivity index is 1.00. The van der Waals surface area contributed by atoms with Gasteiger partial charge in [0.1, 0.15) is 11.5 Å². The van der Waals surface area contributed by atoms with Crippen molar-refractivity contribution in [2.75, 3.05) is 4.90 Å². The van der Waals surface area contributed by atoms with Gasteiger partial charge in [0.05, 0.1) is 5.41 Å². The maximum atomic E-state index is 7.15. The van der Waals surface area contributed by atoms with E-state index in [4.69, 9.17) is 4.74 Å². The first kappa shape index (κ1) is 36.6. The van der Waals surface area contributed by atoms with Crippen LogP contribution in [0.5, 0.6) is 11.5 Å². The molecule has 63 heavy (non-hydrogen) atoms. The molecule has 0 saturated heterocycles. The molecule has 7 aliphatic rings. The third-order valence-corrected chi connectivity index (χ3v) is 18.5. The lowest BCUT2D eigenvalue weighted by Gasteiger charge is -2.77. The Labute approximate surface area is 373 Å². The maximum Gasteiger partial charge on any atom is 0.133 e. The fourth-order valence-corrected chi connectivity index (χ4v) is 15.9. The van der Waals surface area contributed by atoms with E-state index >= 15 is 0 Å². The lowest BCUT2D eigenvalue weighted by Crippen LogP contribution is -2.74. The zero-order valence-electron chi connectivity index (χ0n) is 37.0. The molecule has 4 saturated carbocycles. The van der Waals surface area contributed by atoms with E-state index in [0.29, 0.717) is 17.3 Å². The summed E-state index contributed by atoms with van der Waals surface area (Å²) in [7, 11) is 0. The maximum absolute atomic E-state index is 7.15. The lowest BCUT2D eigenvalue weighted by molar-refractivity contribution is -0.235. The molecule has 4 fully saturated rings. The molecule has 310 valence electrons. The van der Waals surface area contributed by atoms with E-state index in [1.165, 1.54) is 99.8 Å². The zero-order chi connectivity index (χ0) is 42.1. The zero-order valence-corrected chi connectivity index (χ0v) is 37.0. The van der Waals surface area contributed by atoms with Gasteiger partial charge in [-0.15, -0.1) is 0 Å². The summed E-state index contributed by atoms with van der Waals surface area (Å²) in [6, 6.07) is 62.7. The Hall–Kier alpha value is -5.86. The van der Waals surface area contributed by atoms with Crippen molar-refractivity contribution in [1.82, 2.24) is 0 Å². The number of hydrogen-bond acceptors (Lipinski definition) is 2. The average Bonchev–Trinajstić information content (AvgIpc) is 3.94. The van der Waals surface area contributed by atoms with Gasteiger partial charge in [0, 0.05) is 39.7 Å². The Morgan fingerprint density at radius 2 is 1.02 bits per heavy atom. The van der Waals surface area contributed by atoms with Crippen LogP contribution in [-0.2, 0) is 21.7 Å². The molecule has 7 aromatic carbocycles. The molecule has 6 aliphatic carbocycles. The van der Waals surface area contributed by atoms with Crippen molar-refractivity contribution in [2.45, 2.75) is 87.9 Å². The van der Waals surface area contributed by atoms with E-state index in [1.54, 1.807) is 0 Å². The van der Waals surface area contributed by atoms with Crippen molar-refractivity contribution < 1.29 is 4.74 Å². The summed E-state index contributed by atoms with van der Waals surface area (Å²) >= 11 is 0. The van der Waals surface area contributed by atoms with Crippen LogP contribution >= 0.6 is 0 Å². The van der Waals surface area contributed by atoms with E-state index in [2.05, 4.69) is 196 Å². The summed E-state index contributed by atoms with van der Waals surface area (Å²) in [5.41, 5.74) is 17.5. The largest absolute Gasteiger partial charge is 0.457 e. The molecule has 2 spiro atoms. The van der Waals surface area contributed by atoms with Crippen molar-refractivity contribution in [3.8, 4) is 22.6 Å². The molecule has 1 heterocycles. The molecule has 6 unspecified atom stereocenters. The lowest BCUT2D eigenvalue weighted by atomic mass is 9.26. The molecular formula is C61H55NO. The van der Waals surface area contributed by atoms with Gasteiger partial charge >= 0.3 is 0 Å². The molecule has 2 bridgehead atoms. The van der Waals surface area contributed by atoms with E-state index in [0.717, 1.165) is 34.7 Å². The number of benzene rings is 7. The van der Waals surface area contributed by atoms with Crippen molar-refractivity contribution in [3.05, 3.63) is 208 Å². The summed E-state index contributed by atoms with van der Waals surface area (Å²) in [5.74, 6) is 5.39. The van der Waals surface area contributed by atoms with Gasteiger partial charge in [0.2, 0.25) is 0 Å². The topological polar surface area (TPSA) is 12.5 Å².